The number of hydrogen-bond acceptors (Lipinski definition) is 2. The molecular formula is C14H12N2O. The third-order valence-corrected chi connectivity index (χ3v) is 2.94. The third-order valence-electron chi connectivity index (χ3n) is 2.94. The SMILES string of the molecule is Cc1[nH]c2ccc(O)cc2c1-c1ccncc1. The van der Waals surface area contributed by atoms with Crippen LogP contribution in [0.1, 0.15) is 5.69 Å². The molecule has 0 bridgehead atoms. The summed E-state index contributed by atoms with van der Waals surface area (Å²) in [4.78, 5) is 7.34. The lowest BCUT2D eigenvalue weighted by atomic mass is 10.0. The first-order valence-electron chi connectivity index (χ1n) is 5.47. The zero-order valence-corrected chi connectivity index (χ0v) is 9.44. The molecule has 0 radical (unpaired) electrons. The van der Waals surface area contributed by atoms with E-state index in [1.165, 1.54) is 0 Å². The van der Waals surface area contributed by atoms with E-state index in [4.69, 9.17) is 0 Å². The van der Waals surface area contributed by atoms with Crippen LogP contribution in [0.25, 0.3) is 22.0 Å². The molecule has 0 aliphatic rings. The summed E-state index contributed by atoms with van der Waals surface area (Å²) in [6.45, 7) is 2.03. The first kappa shape index (κ1) is 9.90. The number of H-pyrrole nitrogens is 1. The molecule has 3 rings (SSSR count). The number of nitrogens with one attached hydrogen (secondary N) is 1. The number of aromatic amines is 1. The summed E-state index contributed by atoms with van der Waals surface area (Å²) in [5.74, 6) is 0.284. The molecule has 0 saturated heterocycles. The van der Waals surface area contributed by atoms with Crippen LogP contribution < -0.4 is 0 Å². The highest BCUT2D eigenvalue weighted by Gasteiger charge is 2.10. The second-order valence-electron chi connectivity index (χ2n) is 4.09. The molecule has 2 aromatic heterocycles. The number of rotatable bonds is 1. The highest BCUT2D eigenvalue weighted by molar-refractivity contribution is 5.98. The minimum absolute atomic E-state index is 0.284. The van der Waals surface area contributed by atoms with Gasteiger partial charge in [-0.05, 0) is 42.8 Å². The van der Waals surface area contributed by atoms with Crippen molar-refractivity contribution in [1.29, 1.82) is 0 Å². The Balaban J connectivity index is 2.35. The van der Waals surface area contributed by atoms with Crippen molar-refractivity contribution < 1.29 is 5.11 Å². The van der Waals surface area contributed by atoms with Gasteiger partial charge in [-0.25, -0.2) is 0 Å². The van der Waals surface area contributed by atoms with Crippen molar-refractivity contribution in [3.05, 3.63) is 48.4 Å². The average molecular weight is 224 g/mol. The fourth-order valence-corrected chi connectivity index (χ4v) is 2.21. The van der Waals surface area contributed by atoms with Crippen LogP contribution in [0.5, 0.6) is 5.75 Å². The van der Waals surface area contributed by atoms with Crippen LogP contribution in [0.2, 0.25) is 0 Å². The van der Waals surface area contributed by atoms with Gasteiger partial charge >= 0.3 is 0 Å². The van der Waals surface area contributed by atoms with E-state index in [2.05, 4.69) is 9.97 Å². The zero-order valence-electron chi connectivity index (χ0n) is 9.44. The molecular weight excluding hydrogens is 212 g/mol. The number of aromatic nitrogens is 2. The Morgan fingerprint density at radius 1 is 1.12 bits per heavy atom. The Labute approximate surface area is 98.8 Å². The molecule has 84 valence electrons. The van der Waals surface area contributed by atoms with Gasteiger partial charge in [0.25, 0.3) is 0 Å². The van der Waals surface area contributed by atoms with E-state index in [0.29, 0.717) is 0 Å². The van der Waals surface area contributed by atoms with Crippen LogP contribution in [0, 0.1) is 6.92 Å². The van der Waals surface area contributed by atoms with Gasteiger partial charge in [-0.1, -0.05) is 0 Å². The summed E-state index contributed by atoms with van der Waals surface area (Å²) < 4.78 is 0. The molecule has 0 unspecified atom stereocenters. The van der Waals surface area contributed by atoms with E-state index in [1.807, 2.05) is 25.1 Å². The maximum atomic E-state index is 9.58. The second kappa shape index (κ2) is 3.63. The topological polar surface area (TPSA) is 48.9 Å². The molecule has 3 aromatic rings. The monoisotopic (exact) mass is 224 g/mol. The molecule has 0 aliphatic carbocycles. The molecule has 1 aromatic carbocycles. The fourth-order valence-electron chi connectivity index (χ4n) is 2.21. The highest BCUT2D eigenvalue weighted by atomic mass is 16.3. The van der Waals surface area contributed by atoms with Crippen LogP contribution in [-0.4, -0.2) is 15.1 Å². The average Bonchev–Trinajstić information content (AvgIpc) is 2.65. The maximum absolute atomic E-state index is 9.58. The van der Waals surface area contributed by atoms with Gasteiger partial charge in [0.15, 0.2) is 0 Å². The minimum atomic E-state index is 0.284. The largest absolute Gasteiger partial charge is 0.508 e. The van der Waals surface area contributed by atoms with E-state index in [0.717, 1.165) is 27.7 Å². The molecule has 3 heteroatoms. The van der Waals surface area contributed by atoms with Crippen LogP contribution in [-0.2, 0) is 0 Å². The predicted molar refractivity (Wildman–Crippen MR) is 67.9 cm³/mol. The van der Waals surface area contributed by atoms with Gasteiger partial charge in [-0.2, -0.15) is 0 Å². The smallest absolute Gasteiger partial charge is 0.116 e. The lowest BCUT2D eigenvalue weighted by Crippen LogP contribution is -1.79. The van der Waals surface area contributed by atoms with Crippen LogP contribution >= 0.6 is 0 Å². The van der Waals surface area contributed by atoms with E-state index >= 15 is 0 Å². The number of hydrogen-bond donors (Lipinski definition) is 2. The standard InChI is InChI=1S/C14H12N2O/c1-9-14(10-4-6-15-7-5-10)12-8-11(17)2-3-13(12)16-9/h2-8,16-17H,1H3. The number of phenolic OH excluding ortho intramolecular Hbond substituents is 1. The molecule has 0 spiro atoms. The first-order valence-corrected chi connectivity index (χ1v) is 5.47. The van der Waals surface area contributed by atoms with Crippen LogP contribution in [0.3, 0.4) is 0 Å². The molecule has 0 saturated carbocycles. The van der Waals surface area contributed by atoms with Crippen molar-refractivity contribution in [3.63, 3.8) is 0 Å². The number of aromatic hydroxyl groups is 1. The van der Waals surface area contributed by atoms with Gasteiger partial charge in [-0.3, -0.25) is 4.98 Å². The first-order chi connectivity index (χ1) is 8.25. The molecule has 0 fully saturated rings. The van der Waals surface area contributed by atoms with Crippen molar-refractivity contribution >= 4 is 10.9 Å². The summed E-state index contributed by atoms with van der Waals surface area (Å²) >= 11 is 0. The molecule has 0 amide bonds. The van der Waals surface area contributed by atoms with Crippen molar-refractivity contribution in [3.8, 4) is 16.9 Å². The van der Waals surface area contributed by atoms with Crippen LogP contribution in [0.4, 0.5) is 0 Å². The number of fused-ring (bicyclic) bond motifs is 1. The normalized spacial score (nSPS) is 10.9. The quantitative estimate of drug-likeness (QED) is 0.666. The highest BCUT2D eigenvalue weighted by Crippen LogP contribution is 2.33. The molecule has 0 aliphatic heterocycles. The van der Waals surface area contributed by atoms with Crippen molar-refractivity contribution in [2.24, 2.45) is 0 Å². The second-order valence-corrected chi connectivity index (χ2v) is 4.09. The van der Waals surface area contributed by atoms with Gasteiger partial charge in [0, 0.05) is 34.6 Å². The molecule has 17 heavy (non-hydrogen) atoms. The van der Waals surface area contributed by atoms with Crippen molar-refractivity contribution in [2.75, 3.05) is 0 Å². The van der Waals surface area contributed by atoms with Crippen molar-refractivity contribution in [2.45, 2.75) is 6.92 Å². The number of nitrogens with zero attached hydrogens (tertiary/aromatic N) is 1. The maximum Gasteiger partial charge on any atom is 0.116 e. The lowest BCUT2D eigenvalue weighted by molar-refractivity contribution is 0.476. The summed E-state index contributed by atoms with van der Waals surface area (Å²) in [5, 5.41) is 10.6. The molecule has 2 N–H and O–H groups in total. The molecule has 2 heterocycles. The fraction of sp³-hybridized carbons (Fsp3) is 0.0714. The number of phenols is 1. The summed E-state index contributed by atoms with van der Waals surface area (Å²) in [5.41, 5.74) is 4.36. The van der Waals surface area contributed by atoms with E-state index in [9.17, 15) is 5.11 Å². The Bertz CT molecular complexity index is 671. The van der Waals surface area contributed by atoms with Gasteiger partial charge in [0.05, 0.1) is 0 Å². The Morgan fingerprint density at radius 3 is 2.65 bits per heavy atom. The summed E-state index contributed by atoms with van der Waals surface area (Å²) in [7, 11) is 0. The minimum Gasteiger partial charge on any atom is -0.508 e. The lowest BCUT2D eigenvalue weighted by Gasteiger charge is -2.01. The van der Waals surface area contributed by atoms with Crippen molar-refractivity contribution in [1.82, 2.24) is 9.97 Å². The Kier molecular flexibility index (Phi) is 2.11. The molecule has 3 nitrogen and oxygen atoms in total. The van der Waals surface area contributed by atoms with Gasteiger partial charge < -0.3 is 10.1 Å². The number of benzene rings is 1. The van der Waals surface area contributed by atoms with E-state index in [-0.39, 0.29) is 5.75 Å². The molecule has 0 atom stereocenters. The third kappa shape index (κ3) is 1.56. The summed E-state index contributed by atoms with van der Waals surface area (Å²) in [6, 6.07) is 9.31. The number of pyridine rings is 1. The number of aryl methyl sites for hydroxylation is 1. The van der Waals surface area contributed by atoms with E-state index < -0.39 is 0 Å². The zero-order chi connectivity index (χ0) is 11.8. The van der Waals surface area contributed by atoms with Gasteiger partial charge in [0.2, 0.25) is 0 Å². The predicted octanol–water partition coefficient (Wildman–Crippen LogP) is 3.24. The summed E-state index contributed by atoms with van der Waals surface area (Å²) in [6.07, 6.45) is 3.55. The van der Waals surface area contributed by atoms with Gasteiger partial charge in [0.1, 0.15) is 5.75 Å². The van der Waals surface area contributed by atoms with Crippen LogP contribution in [0.15, 0.2) is 42.7 Å². The Morgan fingerprint density at radius 2 is 1.88 bits per heavy atom. The Hall–Kier alpha value is -2.29. The van der Waals surface area contributed by atoms with E-state index in [1.54, 1.807) is 24.5 Å². The van der Waals surface area contributed by atoms with Gasteiger partial charge in [-0.15, -0.1) is 0 Å².